The van der Waals surface area contributed by atoms with Crippen LogP contribution in [0.15, 0.2) is 30.3 Å². The van der Waals surface area contributed by atoms with Crippen molar-refractivity contribution in [3.63, 3.8) is 0 Å². The number of ether oxygens (including phenoxy) is 2. The molecule has 0 saturated heterocycles. The van der Waals surface area contributed by atoms with E-state index in [1.54, 1.807) is 25.3 Å². The molecule has 0 aliphatic rings. The molecule has 134 valence electrons. The Bertz CT molecular complexity index is 972. The third-order valence-electron chi connectivity index (χ3n) is 4.50. The summed E-state index contributed by atoms with van der Waals surface area (Å²) >= 11 is 0. The Morgan fingerprint density at radius 3 is 2.62 bits per heavy atom. The molecular formula is C20H20FN3O2. The van der Waals surface area contributed by atoms with Crippen molar-refractivity contribution in [2.75, 3.05) is 13.7 Å². The molecule has 2 aromatic heterocycles. The number of benzene rings is 1. The lowest BCUT2D eigenvalue weighted by molar-refractivity contribution is 0.187. The fourth-order valence-corrected chi connectivity index (χ4v) is 2.98. The fraction of sp³-hybridized carbons (Fsp3) is 0.300. The van der Waals surface area contributed by atoms with Crippen LogP contribution in [0, 0.1) is 31.0 Å². The van der Waals surface area contributed by atoms with Crippen molar-refractivity contribution in [2.45, 2.75) is 27.0 Å². The number of rotatable bonds is 6. The van der Waals surface area contributed by atoms with Crippen LogP contribution in [0.4, 0.5) is 4.39 Å². The molecular weight excluding hydrogens is 333 g/mol. The second-order valence-corrected chi connectivity index (χ2v) is 6.09. The van der Waals surface area contributed by atoms with E-state index >= 15 is 0 Å². The number of hydrogen-bond acceptors (Lipinski definition) is 4. The Balaban J connectivity index is 2.05. The van der Waals surface area contributed by atoms with Crippen LogP contribution < -0.4 is 4.74 Å². The molecule has 26 heavy (non-hydrogen) atoms. The Morgan fingerprint density at radius 2 is 1.96 bits per heavy atom. The summed E-state index contributed by atoms with van der Waals surface area (Å²) in [5.41, 5.74) is 4.14. The van der Waals surface area contributed by atoms with Gasteiger partial charge < -0.3 is 14.0 Å². The first-order valence-electron chi connectivity index (χ1n) is 8.32. The number of pyridine rings is 1. The molecule has 3 rings (SSSR count). The van der Waals surface area contributed by atoms with Gasteiger partial charge in [-0.2, -0.15) is 5.26 Å². The summed E-state index contributed by atoms with van der Waals surface area (Å²) < 4.78 is 26.3. The molecule has 3 aromatic rings. The fourth-order valence-electron chi connectivity index (χ4n) is 2.98. The average Bonchev–Trinajstić information content (AvgIpc) is 2.90. The lowest BCUT2D eigenvalue weighted by Crippen LogP contribution is -2.08. The van der Waals surface area contributed by atoms with Gasteiger partial charge >= 0.3 is 0 Å². The molecule has 5 nitrogen and oxygen atoms in total. The maximum absolute atomic E-state index is 13.1. The highest BCUT2D eigenvalue weighted by Crippen LogP contribution is 2.32. The molecule has 6 heteroatoms. The molecule has 0 amide bonds. The number of hydrogen-bond donors (Lipinski definition) is 0. The van der Waals surface area contributed by atoms with Crippen molar-refractivity contribution in [1.29, 1.82) is 5.26 Å². The van der Waals surface area contributed by atoms with Gasteiger partial charge in [-0.25, -0.2) is 9.37 Å². The lowest BCUT2D eigenvalue weighted by Gasteiger charge is -2.12. The molecule has 0 unspecified atom stereocenters. The van der Waals surface area contributed by atoms with Gasteiger partial charge in [0.15, 0.2) is 0 Å². The van der Waals surface area contributed by atoms with E-state index in [1.165, 1.54) is 12.1 Å². The Hall–Kier alpha value is -2.91. The van der Waals surface area contributed by atoms with Crippen molar-refractivity contribution < 1.29 is 13.9 Å². The van der Waals surface area contributed by atoms with Gasteiger partial charge in [-0.3, -0.25) is 0 Å². The van der Waals surface area contributed by atoms with Crippen molar-refractivity contribution >= 4 is 10.9 Å². The molecule has 0 aliphatic heterocycles. The van der Waals surface area contributed by atoms with Crippen LogP contribution in [-0.4, -0.2) is 23.3 Å². The zero-order valence-corrected chi connectivity index (χ0v) is 15.0. The SMILES string of the molecule is COCCn1c(C)c(C)c2cc(C#N)nc(OCc3ccc(F)cc3)c21. The Kier molecular flexibility index (Phi) is 5.19. The highest BCUT2D eigenvalue weighted by Gasteiger charge is 2.18. The molecule has 0 saturated carbocycles. The summed E-state index contributed by atoms with van der Waals surface area (Å²) in [5.74, 6) is 0.108. The number of fused-ring (bicyclic) bond motifs is 1. The van der Waals surface area contributed by atoms with E-state index in [9.17, 15) is 9.65 Å². The monoisotopic (exact) mass is 353 g/mol. The van der Waals surface area contributed by atoms with E-state index in [2.05, 4.69) is 15.6 Å². The van der Waals surface area contributed by atoms with E-state index in [1.807, 2.05) is 13.8 Å². The van der Waals surface area contributed by atoms with E-state index in [-0.39, 0.29) is 12.4 Å². The maximum atomic E-state index is 13.1. The number of methoxy groups -OCH3 is 1. The normalized spacial score (nSPS) is 10.9. The number of aromatic nitrogens is 2. The number of nitriles is 1. The van der Waals surface area contributed by atoms with Crippen molar-refractivity contribution in [1.82, 2.24) is 9.55 Å². The molecule has 0 spiro atoms. The second kappa shape index (κ2) is 7.54. The first-order chi connectivity index (χ1) is 12.5. The topological polar surface area (TPSA) is 60.1 Å². The van der Waals surface area contributed by atoms with Crippen molar-refractivity contribution in [3.8, 4) is 11.9 Å². The molecule has 0 radical (unpaired) electrons. The molecule has 0 fully saturated rings. The smallest absolute Gasteiger partial charge is 0.240 e. The van der Waals surface area contributed by atoms with Crippen LogP contribution in [0.25, 0.3) is 10.9 Å². The Morgan fingerprint density at radius 1 is 1.23 bits per heavy atom. The second-order valence-electron chi connectivity index (χ2n) is 6.09. The summed E-state index contributed by atoms with van der Waals surface area (Å²) in [4.78, 5) is 4.36. The quantitative estimate of drug-likeness (QED) is 0.674. The van der Waals surface area contributed by atoms with Crippen LogP contribution in [0.1, 0.15) is 22.5 Å². The minimum atomic E-state index is -0.291. The van der Waals surface area contributed by atoms with Crippen LogP contribution in [-0.2, 0) is 17.9 Å². The van der Waals surface area contributed by atoms with E-state index < -0.39 is 0 Å². The van der Waals surface area contributed by atoms with Gasteiger partial charge in [0.25, 0.3) is 0 Å². The van der Waals surface area contributed by atoms with Gasteiger partial charge in [0, 0.05) is 24.7 Å². The third-order valence-corrected chi connectivity index (χ3v) is 4.50. The van der Waals surface area contributed by atoms with Gasteiger partial charge in [0.1, 0.15) is 29.7 Å². The van der Waals surface area contributed by atoms with Crippen molar-refractivity contribution in [3.05, 3.63) is 58.7 Å². The maximum Gasteiger partial charge on any atom is 0.240 e. The third kappa shape index (κ3) is 3.39. The standard InChI is InChI=1S/C20H20FN3O2/c1-13-14(2)24(8-9-25-3)19-18(13)10-17(11-22)23-20(19)26-12-15-4-6-16(21)7-5-15/h4-7,10H,8-9,12H2,1-3H3. The van der Waals surface area contributed by atoms with Gasteiger partial charge in [-0.15, -0.1) is 0 Å². The molecule has 0 aliphatic carbocycles. The minimum Gasteiger partial charge on any atom is -0.471 e. The lowest BCUT2D eigenvalue weighted by atomic mass is 10.1. The predicted octanol–water partition coefficient (Wildman–Crippen LogP) is 3.89. The highest BCUT2D eigenvalue weighted by molar-refractivity contribution is 5.89. The number of nitrogens with zero attached hydrogens (tertiary/aromatic N) is 3. The van der Waals surface area contributed by atoms with Gasteiger partial charge in [0.05, 0.1) is 6.61 Å². The molecule has 1 aromatic carbocycles. The average molecular weight is 353 g/mol. The van der Waals surface area contributed by atoms with Gasteiger partial charge in [0.2, 0.25) is 5.88 Å². The van der Waals surface area contributed by atoms with Gasteiger partial charge in [-0.1, -0.05) is 12.1 Å². The molecule has 0 atom stereocenters. The van der Waals surface area contributed by atoms with Crippen LogP contribution in [0.5, 0.6) is 5.88 Å². The zero-order valence-electron chi connectivity index (χ0n) is 15.0. The summed E-state index contributed by atoms with van der Waals surface area (Å²) in [6.07, 6.45) is 0. The highest BCUT2D eigenvalue weighted by atomic mass is 19.1. The molecule has 0 N–H and O–H groups in total. The van der Waals surface area contributed by atoms with Crippen LogP contribution in [0.3, 0.4) is 0 Å². The number of aryl methyl sites for hydroxylation is 1. The largest absolute Gasteiger partial charge is 0.471 e. The first-order valence-corrected chi connectivity index (χ1v) is 8.32. The minimum absolute atomic E-state index is 0.241. The van der Waals surface area contributed by atoms with E-state index in [0.717, 1.165) is 27.7 Å². The van der Waals surface area contributed by atoms with E-state index in [0.29, 0.717) is 24.7 Å². The summed E-state index contributed by atoms with van der Waals surface area (Å²) in [6.45, 7) is 5.51. The Labute approximate surface area is 151 Å². The summed E-state index contributed by atoms with van der Waals surface area (Å²) in [6, 6.07) is 9.99. The number of halogens is 1. The van der Waals surface area contributed by atoms with Gasteiger partial charge in [-0.05, 0) is 43.2 Å². The summed E-state index contributed by atoms with van der Waals surface area (Å²) in [5, 5.41) is 10.3. The van der Waals surface area contributed by atoms with Crippen molar-refractivity contribution in [2.24, 2.45) is 0 Å². The van der Waals surface area contributed by atoms with Crippen LogP contribution in [0.2, 0.25) is 0 Å². The zero-order chi connectivity index (χ0) is 18.7. The van der Waals surface area contributed by atoms with E-state index in [4.69, 9.17) is 9.47 Å². The first kappa shape index (κ1) is 17.9. The summed E-state index contributed by atoms with van der Waals surface area (Å²) in [7, 11) is 1.66. The molecule has 2 heterocycles. The molecule has 0 bridgehead atoms. The van der Waals surface area contributed by atoms with Crippen LogP contribution >= 0.6 is 0 Å². The predicted molar refractivity (Wildman–Crippen MR) is 96.5 cm³/mol.